The summed E-state index contributed by atoms with van der Waals surface area (Å²) in [6, 6.07) is 24.4. The predicted molar refractivity (Wildman–Crippen MR) is 157 cm³/mol. The fourth-order valence-electron chi connectivity index (χ4n) is 3.90. The second kappa shape index (κ2) is 12.9. The van der Waals surface area contributed by atoms with Crippen LogP contribution in [0.2, 0.25) is 0 Å². The van der Waals surface area contributed by atoms with Crippen molar-refractivity contribution in [3.63, 3.8) is 0 Å². The van der Waals surface area contributed by atoms with E-state index in [1.54, 1.807) is 72.8 Å². The van der Waals surface area contributed by atoms with Crippen LogP contribution in [0.15, 0.2) is 106 Å². The van der Waals surface area contributed by atoms with Gasteiger partial charge in [-0.05, 0) is 67.6 Å². The topological polar surface area (TPSA) is 119 Å². The number of fused-ring (bicyclic) bond motifs is 1. The molecule has 0 aliphatic carbocycles. The van der Waals surface area contributed by atoms with Gasteiger partial charge in [0.05, 0.1) is 11.5 Å². The molecule has 0 bridgehead atoms. The van der Waals surface area contributed by atoms with Gasteiger partial charge < -0.3 is 29.8 Å². The monoisotopic (exact) mass is 569 g/mol. The number of hydrogen-bond acceptors (Lipinski definition) is 7. The van der Waals surface area contributed by atoms with Crippen molar-refractivity contribution >= 4 is 46.9 Å². The molecule has 3 amide bonds. The highest BCUT2D eigenvalue weighted by molar-refractivity contribution is 8.00. The van der Waals surface area contributed by atoms with E-state index in [0.717, 1.165) is 4.90 Å². The van der Waals surface area contributed by atoms with Crippen molar-refractivity contribution in [3.8, 4) is 11.5 Å². The second-order valence-corrected chi connectivity index (χ2v) is 10.4. The summed E-state index contributed by atoms with van der Waals surface area (Å²) >= 11 is 1.38. The Morgan fingerprint density at radius 3 is 2.29 bits per heavy atom. The van der Waals surface area contributed by atoms with E-state index >= 15 is 0 Å². The van der Waals surface area contributed by atoms with Crippen molar-refractivity contribution in [3.05, 3.63) is 108 Å². The number of carbonyl (C=O) groups excluding carboxylic acids is 3. The Balaban J connectivity index is 1.19. The number of ether oxygens (including phenoxy) is 2. The normalized spacial score (nSPS) is 13.1. The van der Waals surface area contributed by atoms with Crippen molar-refractivity contribution in [2.75, 3.05) is 23.8 Å². The molecule has 0 saturated carbocycles. The van der Waals surface area contributed by atoms with Crippen molar-refractivity contribution in [1.29, 1.82) is 0 Å². The minimum absolute atomic E-state index is 0.0247. The molecule has 3 aromatic carbocycles. The van der Waals surface area contributed by atoms with Crippen LogP contribution < -0.4 is 25.4 Å². The standard InChI is InChI=1S/C31H27N3O6S/c1-20(29(35)33-23-11-14-27-28(18-23)40-17-16-39-27)41-25-12-9-22(10-13-25)32-31(37)26(19-24-8-5-15-38-24)34-30(36)21-6-3-2-4-7-21/h2-15,18-20H,16-17H2,1H3,(H,32,37)(H,33,35)(H,34,36)/b26-19-. The molecule has 0 saturated heterocycles. The molecule has 1 unspecified atom stereocenters. The van der Waals surface area contributed by atoms with E-state index < -0.39 is 11.8 Å². The van der Waals surface area contributed by atoms with Gasteiger partial charge in [0, 0.05) is 34.0 Å². The number of rotatable bonds is 9. The molecule has 41 heavy (non-hydrogen) atoms. The maximum absolute atomic E-state index is 13.1. The van der Waals surface area contributed by atoms with Gasteiger partial charge in [-0.15, -0.1) is 11.8 Å². The fourth-order valence-corrected chi connectivity index (χ4v) is 4.76. The third kappa shape index (κ3) is 7.37. The molecule has 2 heterocycles. The Bertz CT molecular complexity index is 1550. The molecule has 0 spiro atoms. The van der Waals surface area contributed by atoms with Gasteiger partial charge in [-0.25, -0.2) is 0 Å². The number of thioether (sulfide) groups is 1. The van der Waals surface area contributed by atoms with Crippen LogP contribution in [-0.4, -0.2) is 36.2 Å². The van der Waals surface area contributed by atoms with E-state index in [1.807, 2.05) is 19.1 Å². The molecule has 208 valence electrons. The van der Waals surface area contributed by atoms with Crippen LogP contribution in [0, 0.1) is 0 Å². The number of anilines is 2. The molecule has 1 aliphatic rings. The van der Waals surface area contributed by atoms with E-state index in [4.69, 9.17) is 13.9 Å². The minimum Gasteiger partial charge on any atom is -0.486 e. The fraction of sp³-hybridized carbons (Fsp3) is 0.129. The van der Waals surface area contributed by atoms with Gasteiger partial charge in [0.25, 0.3) is 11.8 Å². The highest BCUT2D eigenvalue weighted by atomic mass is 32.2. The molecule has 4 aromatic rings. The maximum atomic E-state index is 13.1. The Kier molecular flexibility index (Phi) is 8.70. The van der Waals surface area contributed by atoms with Gasteiger partial charge in [0.2, 0.25) is 5.91 Å². The van der Waals surface area contributed by atoms with Crippen LogP contribution in [-0.2, 0) is 9.59 Å². The third-order valence-corrected chi connectivity index (χ3v) is 7.07. The smallest absolute Gasteiger partial charge is 0.272 e. The van der Waals surface area contributed by atoms with Crippen LogP contribution in [0.1, 0.15) is 23.0 Å². The van der Waals surface area contributed by atoms with Crippen LogP contribution in [0.25, 0.3) is 6.08 Å². The minimum atomic E-state index is -0.516. The van der Waals surface area contributed by atoms with Crippen molar-refractivity contribution < 1.29 is 28.3 Å². The molecule has 1 aromatic heterocycles. The number of amides is 3. The first-order chi connectivity index (χ1) is 19.9. The lowest BCUT2D eigenvalue weighted by Gasteiger charge is -2.19. The zero-order chi connectivity index (χ0) is 28.6. The van der Waals surface area contributed by atoms with E-state index in [9.17, 15) is 14.4 Å². The summed E-state index contributed by atoms with van der Waals surface area (Å²) in [6.45, 7) is 2.79. The zero-order valence-electron chi connectivity index (χ0n) is 22.1. The highest BCUT2D eigenvalue weighted by Gasteiger charge is 2.18. The zero-order valence-corrected chi connectivity index (χ0v) is 22.9. The Morgan fingerprint density at radius 1 is 0.829 bits per heavy atom. The number of benzene rings is 3. The molecule has 3 N–H and O–H groups in total. The summed E-state index contributed by atoms with van der Waals surface area (Å²) in [5.74, 6) is 0.580. The third-order valence-electron chi connectivity index (χ3n) is 5.96. The molecule has 0 fully saturated rings. The Morgan fingerprint density at radius 2 is 1.56 bits per heavy atom. The summed E-state index contributed by atoms with van der Waals surface area (Å²) < 4.78 is 16.4. The first kappa shape index (κ1) is 27.6. The van der Waals surface area contributed by atoms with Crippen LogP contribution in [0.4, 0.5) is 11.4 Å². The summed E-state index contributed by atoms with van der Waals surface area (Å²) in [5.41, 5.74) is 1.59. The molecule has 9 nitrogen and oxygen atoms in total. The highest BCUT2D eigenvalue weighted by Crippen LogP contribution is 2.33. The Hall–Kier alpha value is -4.96. The SMILES string of the molecule is CC(Sc1ccc(NC(=O)/C(=C/c2ccco2)NC(=O)c2ccccc2)cc1)C(=O)Nc1ccc2c(c1)OCCO2. The van der Waals surface area contributed by atoms with Crippen molar-refractivity contribution in [2.45, 2.75) is 17.1 Å². The van der Waals surface area contributed by atoms with Gasteiger partial charge >= 0.3 is 0 Å². The average Bonchev–Trinajstić information content (AvgIpc) is 3.51. The molecule has 0 radical (unpaired) electrons. The second-order valence-electron chi connectivity index (χ2n) is 8.98. The number of carbonyl (C=O) groups is 3. The van der Waals surface area contributed by atoms with Gasteiger partial charge in [0.1, 0.15) is 24.7 Å². The molecule has 5 rings (SSSR count). The van der Waals surface area contributed by atoms with Crippen molar-refractivity contribution in [2.24, 2.45) is 0 Å². The summed E-state index contributed by atoms with van der Waals surface area (Å²) in [5, 5.41) is 7.98. The molecule has 1 atom stereocenters. The van der Waals surface area contributed by atoms with Gasteiger partial charge in [-0.1, -0.05) is 18.2 Å². The van der Waals surface area contributed by atoms with Crippen LogP contribution in [0.5, 0.6) is 11.5 Å². The molecular formula is C31H27N3O6S. The van der Waals surface area contributed by atoms with Gasteiger partial charge in [0.15, 0.2) is 11.5 Å². The summed E-state index contributed by atoms with van der Waals surface area (Å²) in [6.07, 6.45) is 2.94. The first-order valence-electron chi connectivity index (χ1n) is 12.8. The predicted octanol–water partition coefficient (Wildman–Crippen LogP) is 5.58. The average molecular weight is 570 g/mol. The lowest BCUT2D eigenvalue weighted by molar-refractivity contribution is -0.115. The molecule has 10 heteroatoms. The van der Waals surface area contributed by atoms with E-state index in [1.165, 1.54) is 24.1 Å². The Labute approximate surface area is 240 Å². The lowest BCUT2D eigenvalue weighted by Crippen LogP contribution is -2.30. The number of furan rings is 1. The van der Waals surface area contributed by atoms with E-state index in [2.05, 4.69) is 16.0 Å². The number of hydrogen-bond donors (Lipinski definition) is 3. The molecular weight excluding hydrogens is 542 g/mol. The van der Waals surface area contributed by atoms with Gasteiger partial charge in [-0.3, -0.25) is 14.4 Å². The maximum Gasteiger partial charge on any atom is 0.272 e. The van der Waals surface area contributed by atoms with Crippen molar-refractivity contribution in [1.82, 2.24) is 5.32 Å². The van der Waals surface area contributed by atoms with E-state index in [0.29, 0.717) is 47.4 Å². The van der Waals surface area contributed by atoms with Crippen LogP contribution in [0.3, 0.4) is 0 Å². The largest absolute Gasteiger partial charge is 0.486 e. The first-order valence-corrected chi connectivity index (χ1v) is 13.7. The van der Waals surface area contributed by atoms with E-state index in [-0.39, 0.29) is 16.9 Å². The lowest BCUT2D eigenvalue weighted by atomic mass is 10.2. The quantitative estimate of drug-likeness (QED) is 0.178. The molecule has 1 aliphatic heterocycles. The summed E-state index contributed by atoms with van der Waals surface area (Å²) in [7, 11) is 0. The van der Waals surface area contributed by atoms with Gasteiger partial charge in [-0.2, -0.15) is 0 Å². The van der Waals surface area contributed by atoms with Crippen LogP contribution >= 0.6 is 11.8 Å². The summed E-state index contributed by atoms with van der Waals surface area (Å²) in [4.78, 5) is 39.5. The number of nitrogens with one attached hydrogen (secondary N) is 3.